The van der Waals surface area contributed by atoms with Crippen LogP contribution in [0.1, 0.15) is 15.9 Å². The minimum Gasteiger partial charge on any atom is -0.504 e. The number of nitrogens with zero attached hydrogens (tertiary/aromatic N) is 1. The summed E-state index contributed by atoms with van der Waals surface area (Å²) in [6.07, 6.45) is 0.637. The maximum Gasteiger partial charge on any atom is 0.162 e. The number of rotatable bonds is 3. The molecule has 84 valence electrons. The Hall–Kier alpha value is -1.26. The van der Waals surface area contributed by atoms with Crippen molar-refractivity contribution in [1.82, 2.24) is 4.90 Å². The zero-order valence-corrected chi connectivity index (χ0v) is 9.41. The monoisotopic (exact) mass is 231 g/mol. The quantitative estimate of drug-likeness (QED) is 0.610. The SMILES string of the molecule is CN(C)Cc1cc(C=O)cc(O)c1O.Cl. The predicted octanol–water partition coefficient (Wildman–Crippen LogP) is 1.39. The summed E-state index contributed by atoms with van der Waals surface area (Å²) in [5, 5.41) is 18.8. The number of aromatic hydroxyl groups is 2. The Morgan fingerprint density at radius 3 is 2.40 bits per heavy atom. The molecule has 0 aromatic heterocycles. The van der Waals surface area contributed by atoms with Crippen LogP contribution in [0, 0.1) is 0 Å². The normalized spacial score (nSPS) is 9.80. The number of hydrogen-bond donors (Lipinski definition) is 2. The molecule has 5 heteroatoms. The highest BCUT2D eigenvalue weighted by Gasteiger charge is 2.09. The van der Waals surface area contributed by atoms with Gasteiger partial charge in [0.15, 0.2) is 11.5 Å². The summed E-state index contributed by atoms with van der Waals surface area (Å²) in [4.78, 5) is 12.3. The molecule has 0 spiro atoms. The van der Waals surface area contributed by atoms with Gasteiger partial charge in [0, 0.05) is 17.7 Å². The van der Waals surface area contributed by atoms with Crippen molar-refractivity contribution in [2.24, 2.45) is 0 Å². The largest absolute Gasteiger partial charge is 0.504 e. The van der Waals surface area contributed by atoms with Crippen molar-refractivity contribution in [2.75, 3.05) is 14.1 Å². The van der Waals surface area contributed by atoms with Crippen LogP contribution in [0.3, 0.4) is 0 Å². The number of carbonyl (C=O) groups excluding carboxylic acids is 1. The van der Waals surface area contributed by atoms with E-state index < -0.39 is 0 Å². The molecule has 0 heterocycles. The van der Waals surface area contributed by atoms with E-state index in [1.807, 2.05) is 19.0 Å². The van der Waals surface area contributed by atoms with Gasteiger partial charge in [-0.25, -0.2) is 0 Å². The fraction of sp³-hybridized carbons (Fsp3) is 0.300. The molecule has 15 heavy (non-hydrogen) atoms. The van der Waals surface area contributed by atoms with E-state index in [4.69, 9.17) is 0 Å². The summed E-state index contributed by atoms with van der Waals surface area (Å²) in [5.74, 6) is -0.421. The Bertz CT molecular complexity index is 353. The Morgan fingerprint density at radius 1 is 1.33 bits per heavy atom. The first-order valence-electron chi connectivity index (χ1n) is 4.19. The van der Waals surface area contributed by atoms with Gasteiger partial charge in [0.05, 0.1) is 0 Å². The van der Waals surface area contributed by atoms with E-state index in [0.29, 0.717) is 24.0 Å². The van der Waals surface area contributed by atoms with Gasteiger partial charge in [0.25, 0.3) is 0 Å². The second-order valence-electron chi connectivity index (χ2n) is 3.40. The molecule has 2 N–H and O–H groups in total. The zero-order valence-electron chi connectivity index (χ0n) is 8.60. The standard InChI is InChI=1S/C10H13NO3.ClH/c1-11(2)5-8-3-7(6-12)4-9(13)10(8)14;/h3-4,6,13-14H,5H2,1-2H3;1H. The van der Waals surface area contributed by atoms with Crippen molar-refractivity contribution in [3.05, 3.63) is 23.3 Å². The van der Waals surface area contributed by atoms with Crippen LogP contribution in [0.5, 0.6) is 11.5 Å². The summed E-state index contributed by atoms with van der Waals surface area (Å²) < 4.78 is 0. The van der Waals surface area contributed by atoms with E-state index in [2.05, 4.69) is 0 Å². The summed E-state index contributed by atoms with van der Waals surface area (Å²) in [6, 6.07) is 2.80. The molecule has 4 nitrogen and oxygen atoms in total. The summed E-state index contributed by atoms with van der Waals surface area (Å²) >= 11 is 0. The maximum absolute atomic E-state index is 10.5. The molecule has 1 rings (SSSR count). The van der Waals surface area contributed by atoms with Gasteiger partial charge in [-0.3, -0.25) is 4.79 Å². The van der Waals surface area contributed by atoms with E-state index in [1.165, 1.54) is 6.07 Å². The van der Waals surface area contributed by atoms with Gasteiger partial charge in [-0.15, -0.1) is 12.4 Å². The minimum atomic E-state index is -0.258. The predicted molar refractivity (Wildman–Crippen MR) is 59.8 cm³/mol. The molecule has 0 aliphatic heterocycles. The van der Waals surface area contributed by atoms with Crippen LogP contribution >= 0.6 is 12.4 Å². The summed E-state index contributed by atoms with van der Waals surface area (Å²) in [6.45, 7) is 0.473. The highest BCUT2D eigenvalue weighted by Crippen LogP contribution is 2.30. The lowest BCUT2D eigenvalue weighted by Gasteiger charge is -2.12. The molecule has 1 aromatic rings. The van der Waals surface area contributed by atoms with Crippen molar-refractivity contribution in [1.29, 1.82) is 0 Å². The number of halogens is 1. The van der Waals surface area contributed by atoms with Crippen LogP contribution in [-0.2, 0) is 6.54 Å². The van der Waals surface area contributed by atoms with Crippen molar-refractivity contribution < 1.29 is 15.0 Å². The third-order valence-electron chi connectivity index (χ3n) is 1.81. The summed E-state index contributed by atoms with van der Waals surface area (Å²) in [5.41, 5.74) is 0.897. The average Bonchev–Trinajstić information content (AvgIpc) is 2.11. The van der Waals surface area contributed by atoms with Gasteiger partial charge in [-0.05, 0) is 26.2 Å². The Kier molecular flexibility index (Phi) is 5.11. The smallest absolute Gasteiger partial charge is 0.162 e. The maximum atomic E-state index is 10.5. The molecule has 0 fully saturated rings. The van der Waals surface area contributed by atoms with Crippen molar-refractivity contribution in [3.63, 3.8) is 0 Å². The molecule has 0 saturated heterocycles. The van der Waals surface area contributed by atoms with Gasteiger partial charge in [-0.2, -0.15) is 0 Å². The van der Waals surface area contributed by atoms with E-state index in [9.17, 15) is 15.0 Å². The number of phenolic OH excluding ortho intramolecular Hbond substituents is 2. The van der Waals surface area contributed by atoms with Crippen LogP contribution in [0.15, 0.2) is 12.1 Å². The molecule has 0 aliphatic carbocycles. The van der Waals surface area contributed by atoms with Crippen LogP contribution < -0.4 is 0 Å². The summed E-state index contributed by atoms with van der Waals surface area (Å²) in [7, 11) is 3.67. The molecule has 1 aromatic carbocycles. The minimum absolute atomic E-state index is 0. The average molecular weight is 232 g/mol. The van der Waals surface area contributed by atoms with Crippen molar-refractivity contribution >= 4 is 18.7 Å². The number of aldehydes is 1. The first-order valence-corrected chi connectivity index (χ1v) is 4.19. The molecule has 0 saturated carbocycles. The zero-order chi connectivity index (χ0) is 10.7. The van der Waals surface area contributed by atoms with Gasteiger partial charge < -0.3 is 15.1 Å². The first-order chi connectivity index (χ1) is 6.54. The fourth-order valence-corrected chi connectivity index (χ4v) is 1.23. The van der Waals surface area contributed by atoms with Crippen molar-refractivity contribution in [2.45, 2.75) is 6.54 Å². The van der Waals surface area contributed by atoms with Gasteiger partial charge >= 0.3 is 0 Å². The van der Waals surface area contributed by atoms with Gasteiger partial charge in [0.1, 0.15) is 6.29 Å². The van der Waals surface area contributed by atoms with Crippen molar-refractivity contribution in [3.8, 4) is 11.5 Å². The topological polar surface area (TPSA) is 60.8 Å². The Balaban J connectivity index is 0.00000196. The number of carbonyl (C=O) groups is 1. The lowest BCUT2D eigenvalue weighted by atomic mass is 10.1. The molecule has 0 radical (unpaired) electrons. The second-order valence-corrected chi connectivity index (χ2v) is 3.40. The third-order valence-corrected chi connectivity index (χ3v) is 1.81. The van der Waals surface area contributed by atoms with E-state index in [-0.39, 0.29) is 23.9 Å². The van der Waals surface area contributed by atoms with Crippen LogP contribution in [-0.4, -0.2) is 35.5 Å². The van der Waals surface area contributed by atoms with Gasteiger partial charge in [-0.1, -0.05) is 0 Å². The molecular weight excluding hydrogens is 218 g/mol. The molecule has 0 amide bonds. The molecule has 0 bridgehead atoms. The highest BCUT2D eigenvalue weighted by atomic mass is 35.5. The highest BCUT2D eigenvalue weighted by molar-refractivity contribution is 5.85. The van der Waals surface area contributed by atoms with Gasteiger partial charge in [0.2, 0.25) is 0 Å². The lowest BCUT2D eigenvalue weighted by Crippen LogP contribution is -2.11. The third kappa shape index (κ3) is 3.42. The molecule has 0 atom stereocenters. The van der Waals surface area contributed by atoms with Crippen LogP contribution in [0.4, 0.5) is 0 Å². The second kappa shape index (κ2) is 5.58. The molecule has 0 unspecified atom stereocenters. The van der Waals surface area contributed by atoms with Crippen LogP contribution in [0.2, 0.25) is 0 Å². The molecule has 0 aliphatic rings. The Morgan fingerprint density at radius 2 is 1.93 bits per heavy atom. The lowest BCUT2D eigenvalue weighted by molar-refractivity contribution is 0.112. The number of phenols is 2. The van der Waals surface area contributed by atoms with E-state index >= 15 is 0 Å². The number of benzene rings is 1. The van der Waals surface area contributed by atoms with E-state index in [1.54, 1.807) is 6.07 Å². The van der Waals surface area contributed by atoms with E-state index in [0.717, 1.165) is 0 Å². The first kappa shape index (κ1) is 13.7. The van der Waals surface area contributed by atoms with Crippen LogP contribution in [0.25, 0.3) is 0 Å². The Labute approximate surface area is 94.6 Å². The number of hydrogen-bond acceptors (Lipinski definition) is 4. The molecular formula is C10H14ClNO3. The fourth-order valence-electron chi connectivity index (χ4n) is 1.23.